The molecule has 2 amide bonds. The minimum Gasteiger partial charge on any atom is -0.389 e. The molecule has 1 atom stereocenters. The fourth-order valence-corrected chi connectivity index (χ4v) is 4.87. The molecule has 1 N–H and O–H groups in total. The van der Waals surface area contributed by atoms with Gasteiger partial charge in [-0.25, -0.2) is 9.78 Å². The lowest BCUT2D eigenvalue weighted by atomic mass is 10.0. The number of anilines is 1. The number of benzene rings is 3. The van der Waals surface area contributed by atoms with Gasteiger partial charge in [-0.1, -0.05) is 66.7 Å². The third-order valence-corrected chi connectivity index (χ3v) is 6.92. The molecular formula is C30H32N4O3. The van der Waals surface area contributed by atoms with Crippen LogP contribution >= 0.6 is 0 Å². The summed E-state index contributed by atoms with van der Waals surface area (Å²) in [6.07, 6.45) is 3.87. The van der Waals surface area contributed by atoms with E-state index in [0.29, 0.717) is 23.8 Å². The monoisotopic (exact) mass is 496 g/mol. The molecular weight excluding hydrogens is 464 g/mol. The largest absolute Gasteiger partial charge is 0.414 e. The molecule has 0 saturated carbocycles. The number of fused-ring (bicyclic) bond motifs is 2. The number of hydrogen-bond donors (Lipinski definition) is 1. The highest BCUT2D eigenvalue weighted by Gasteiger charge is 2.29. The Kier molecular flexibility index (Phi) is 7.21. The van der Waals surface area contributed by atoms with Crippen LogP contribution in [0.15, 0.2) is 72.8 Å². The van der Waals surface area contributed by atoms with Gasteiger partial charge in [0.1, 0.15) is 5.82 Å². The Hall–Kier alpha value is -4.13. The third-order valence-electron chi connectivity index (χ3n) is 6.92. The van der Waals surface area contributed by atoms with E-state index in [2.05, 4.69) is 17.4 Å². The number of carbonyl (C=O) groups excluding carboxylic acids is 2. The van der Waals surface area contributed by atoms with E-state index in [1.165, 1.54) is 10.5 Å². The summed E-state index contributed by atoms with van der Waals surface area (Å²) in [6, 6.07) is 23.6. The number of hydrogen-bond acceptors (Lipinski definition) is 4. The Bertz CT molecular complexity index is 1410. The zero-order chi connectivity index (χ0) is 25.8. The van der Waals surface area contributed by atoms with Gasteiger partial charge in [0, 0.05) is 31.6 Å². The quantitative estimate of drug-likeness (QED) is 0.353. The third kappa shape index (κ3) is 5.35. The molecule has 190 valence electrons. The van der Waals surface area contributed by atoms with Crippen molar-refractivity contribution in [2.24, 2.45) is 0 Å². The average Bonchev–Trinajstić information content (AvgIpc) is 3.29. The summed E-state index contributed by atoms with van der Waals surface area (Å²) >= 11 is 0. The molecule has 0 spiro atoms. The summed E-state index contributed by atoms with van der Waals surface area (Å²) in [4.78, 5) is 32.8. The standard InChI is InChI=1S/C30H32N4O3/c1-21(18-19-22-11-4-3-5-12-22)31-30(36)37-29-27(32-26-17-8-9-20-34(26)29)33(2)28(35)25-16-10-14-23-13-6-7-15-24(23)25/h3-7,10-16,21H,8-9,17-20H2,1-2H3,(H,31,36). The molecule has 4 aromatic rings. The lowest BCUT2D eigenvalue weighted by Crippen LogP contribution is -2.36. The molecule has 0 fully saturated rings. The van der Waals surface area contributed by atoms with Crippen LogP contribution in [-0.2, 0) is 19.4 Å². The van der Waals surface area contributed by atoms with E-state index in [9.17, 15) is 9.59 Å². The predicted octanol–water partition coefficient (Wildman–Crippen LogP) is 5.76. The topological polar surface area (TPSA) is 76.5 Å². The molecule has 0 saturated heterocycles. The Morgan fingerprint density at radius 3 is 2.62 bits per heavy atom. The van der Waals surface area contributed by atoms with Crippen molar-refractivity contribution in [3.8, 4) is 5.88 Å². The van der Waals surface area contributed by atoms with E-state index in [1.54, 1.807) is 7.05 Å². The number of nitrogens with zero attached hydrogens (tertiary/aromatic N) is 3. The minimum atomic E-state index is -0.541. The van der Waals surface area contributed by atoms with Crippen molar-refractivity contribution >= 4 is 28.6 Å². The Labute approximate surface area is 217 Å². The van der Waals surface area contributed by atoms with Gasteiger partial charge in [0.05, 0.1) is 0 Å². The van der Waals surface area contributed by atoms with Crippen LogP contribution in [0.25, 0.3) is 10.8 Å². The van der Waals surface area contributed by atoms with Crippen LogP contribution < -0.4 is 15.0 Å². The van der Waals surface area contributed by atoms with Crippen LogP contribution in [0.2, 0.25) is 0 Å². The smallest absolute Gasteiger partial charge is 0.389 e. The average molecular weight is 497 g/mol. The van der Waals surface area contributed by atoms with Gasteiger partial charge in [-0.3, -0.25) is 14.3 Å². The number of aryl methyl sites for hydroxylation is 2. The minimum absolute atomic E-state index is 0.0741. The van der Waals surface area contributed by atoms with Crippen molar-refractivity contribution in [3.05, 3.63) is 89.7 Å². The highest BCUT2D eigenvalue weighted by atomic mass is 16.6. The zero-order valence-electron chi connectivity index (χ0n) is 21.3. The van der Waals surface area contributed by atoms with Crippen molar-refractivity contribution in [2.75, 3.05) is 11.9 Å². The molecule has 1 aromatic heterocycles. The number of imidazole rings is 1. The van der Waals surface area contributed by atoms with E-state index in [-0.39, 0.29) is 11.9 Å². The van der Waals surface area contributed by atoms with E-state index >= 15 is 0 Å². The summed E-state index contributed by atoms with van der Waals surface area (Å²) in [5.74, 6) is 1.31. The second kappa shape index (κ2) is 10.9. The molecule has 7 nitrogen and oxygen atoms in total. The summed E-state index contributed by atoms with van der Waals surface area (Å²) in [6.45, 7) is 2.66. The first-order valence-electron chi connectivity index (χ1n) is 12.9. The van der Waals surface area contributed by atoms with Crippen LogP contribution in [0.4, 0.5) is 10.6 Å². The van der Waals surface area contributed by atoms with Crippen molar-refractivity contribution < 1.29 is 14.3 Å². The normalized spacial score (nSPS) is 13.6. The van der Waals surface area contributed by atoms with Gasteiger partial charge in [-0.05, 0) is 55.0 Å². The molecule has 1 unspecified atom stereocenters. The summed E-state index contributed by atoms with van der Waals surface area (Å²) < 4.78 is 7.79. The Morgan fingerprint density at radius 1 is 1.03 bits per heavy atom. The SMILES string of the molecule is CC(CCc1ccccc1)NC(=O)Oc1c(N(C)C(=O)c2cccc3ccccc23)nc2n1CCCC2. The van der Waals surface area contributed by atoms with Gasteiger partial charge >= 0.3 is 6.09 Å². The number of amides is 2. The van der Waals surface area contributed by atoms with Crippen LogP contribution in [-0.4, -0.2) is 34.6 Å². The van der Waals surface area contributed by atoms with Crippen LogP contribution in [0.1, 0.15) is 47.9 Å². The maximum atomic E-state index is 13.6. The molecule has 0 radical (unpaired) electrons. The summed E-state index contributed by atoms with van der Waals surface area (Å²) in [5, 5.41) is 4.81. The highest BCUT2D eigenvalue weighted by molar-refractivity contribution is 6.14. The molecule has 1 aliphatic heterocycles. The maximum absolute atomic E-state index is 13.6. The maximum Gasteiger partial charge on any atom is 0.414 e. The number of aromatic nitrogens is 2. The number of carbonyl (C=O) groups is 2. The molecule has 1 aliphatic rings. The van der Waals surface area contributed by atoms with E-state index in [4.69, 9.17) is 9.72 Å². The lowest BCUT2D eigenvalue weighted by Gasteiger charge is -2.20. The first-order valence-corrected chi connectivity index (χ1v) is 12.9. The van der Waals surface area contributed by atoms with Crippen molar-refractivity contribution in [3.63, 3.8) is 0 Å². The van der Waals surface area contributed by atoms with Gasteiger partial charge in [0.25, 0.3) is 5.91 Å². The molecule has 0 aliphatic carbocycles. The predicted molar refractivity (Wildman–Crippen MR) is 145 cm³/mol. The fraction of sp³-hybridized carbons (Fsp3) is 0.300. The molecule has 2 heterocycles. The number of nitrogens with one attached hydrogen (secondary N) is 1. The van der Waals surface area contributed by atoms with Gasteiger partial charge < -0.3 is 10.1 Å². The number of ether oxygens (including phenoxy) is 1. The van der Waals surface area contributed by atoms with E-state index < -0.39 is 6.09 Å². The Balaban J connectivity index is 1.35. The fourth-order valence-electron chi connectivity index (χ4n) is 4.87. The van der Waals surface area contributed by atoms with Crippen molar-refractivity contribution in [1.29, 1.82) is 0 Å². The van der Waals surface area contributed by atoms with Gasteiger partial charge in [-0.15, -0.1) is 0 Å². The van der Waals surface area contributed by atoms with Crippen LogP contribution in [0, 0.1) is 0 Å². The first kappa shape index (κ1) is 24.6. The van der Waals surface area contributed by atoms with Gasteiger partial charge in [0.15, 0.2) is 5.82 Å². The molecule has 3 aromatic carbocycles. The highest BCUT2D eigenvalue weighted by Crippen LogP contribution is 2.33. The van der Waals surface area contributed by atoms with Gasteiger partial charge in [-0.2, -0.15) is 0 Å². The summed E-state index contributed by atoms with van der Waals surface area (Å²) in [5.41, 5.74) is 1.81. The van der Waals surface area contributed by atoms with Crippen molar-refractivity contribution in [2.45, 2.75) is 51.6 Å². The number of rotatable bonds is 7. The van der Waals surface area contributed by atoms with Crippen LogP contribution in [0.5, 0.6) is 5.88 Å². The molecule has 0 bridgehead atoms. The van der Waals surface area contributed by atoms with E-state index in [0.717, 1.165) is 48.7 Å². The first-order chi connectivity index (χ1) is 18.0. The van der Waals surface area contributed by atoms with Gasteiger partial charge in [0.2, 0.25) is 5.88 Å². The lowest BCUT2D eigenvalue weighted by molar-refractivity contribution is 0.0992. The second-order valence-corrected chi connectivity index (χ2v) is 9.62. The molecule has 7 heteroatoms. The van der Waals surface area contributed by atoms with Crippen molar-refractivity contribution in [1.82, 2.24) is 14.9 Å². The molecule has 37 heavy (non-hydrogen) atoms. The summed E-state index contributed by atoms with van der Waals surface area (Å²) in [7, 11) is 1.69. The van der Waals surface area contributed by atoms with Crippen LogP contribution in [0.3, 0.4) is 0 Å². The zero-order valence-corrected chi connectivity index (χ0v) is 21.3. The van der Waals surface area contributed by atoms with E-state index in [1.807, 2.05) is 72.2 Å². The molecule has 5 rings (SSSR count). The second-order valence-electron chi connectivity index (χ2n) is 9.62. The Morgan fingerprint density at radius 2 is 1.78 bits per heavy atom.